The molecular weight excluding hydrogens is 1680 g/mol. The number of hydrogen-bond acceptors (Lipinski definition) is 17. The zero-order chi connectivity index (χ0) is 92.4. The highest BCUT2D eigenvalue weighted by molar-refractivity contribution is 5.86. The van der Waals surface area contributed by atoms with E-state index in [2.05, 4.69) is 260 Å². The van der Waals surface area contributed by atoms with E-state index in [1.165, 1.54) is 96.9 Å². The van der Waals surface area contributed by atoms with Crippen LogP contribution in [0.15, 0.2) is 257 Å². The molecule has 26 nitrogen and oxygen atoms in total. The molecule has 1 aliphatic carbocycles. The van der Waals surface area contributed by atoms with E-state index in [-0.39, 0.29) is 5.92 Å². The van der Waals surface area contributed by atoms with Crippen LogP contribution in [-0.2, 0) is 30.4 Å². The van der Waals surface area contributed by atoms with E-state index in [0.29, 0.717) is 53.9 Å². The summed E-state index contributed by atoms with van der Waals surface area (Å²) in [5.74, 6) is 7.38. The van der Waals surface area contributed by atoms with Gasteiger partial charge in [0.1, 0.15) is 17.2 Å². The van der Waals surface area contributed by atoms with Crippen LogP contribution < -0.4 is 21.3 Å². The van der Waals surface area contributed by atoms with Crippen LogP contribution in [0.1, 0.15) is 173 Å². The van der Waals surface area contributed by atoms with Gasteiger partial charge in [-0.3, -0.25) is 37.0 Å². The minimum atomic E-state index is -0.396. The first-order chi connectivity index (χ1) is 66.2. The van der Waals surface area contributed by atoms with Gasteiger partial charge >= 0.3 is 0 Å². The third kappa shape index (κ3) is 19.1. The van der Waals surface area contributed by atoms with Gasteiger partial charge in [0.05, 0.1) is 35.2 Å². The van der Waals surface area contributed by atoms with Gasteiger partial charge in [0.25, 0.3) is 0 Å². The number of nitrogens with one attached hydrogen (secondary N) is 8. The summed E-state index contributed by atoms with van der Waals surface area (Å²) in [4.78, 5) is 69.4. The average molecular weight is 1790 g/mol. The van der Waals surface area contributed by atoms with Crippen molar-refractivity contribution in [3.05, 3.63) is 319 Å². The van der Waals surface area contributed by atoms with E-state index in [4.69, 9.17) is 46.0 Å². The highest BCUT2D eigenvalue weighted by Gasteiger charge is 2.27. The van der Waals surface area contributed by atoms with Gasteiger partial charge in [0, 0.05) is 246 Å². The number of aromatic nitrogens is 21. The number of halogens is 1. The molecule has 0 saturated heterocycles. The summed E-state index contributed by atoms with van der Waals surface area (Å²) in [7, 11) is 1.70. The third-order valence-corrected chi connectivity index (χ3v) is 26.1. The molecule has 22 rings (SSSR count). The maximum absolute atomic E-state index is 13.9. The highest BCUT2D eigenvalue weighted by Crippen LogP contribution is 2.42. The van der Waals surface area contributed by atoms with E-state index in [1.807, 2.05) is 109 Å². The molecule has 0 bridgehead atoms. The standard InChI is InChI=1S/C28H30N6.C27H27N7.C27H26N6.C26H27FN6O/c1-3-18(2)26-16-32-28-27(30-11-10-20-15-31-24-7-5-4-6-23(20)24)33-25(17-34(26)28)22-12-21(13-29-14-22)19-8-9-19;1-3-18(2)23-15-31-27-26(28-12-11-19-14-29-21-9-5-4-8-20(19)21)32-22(17-34(23)27)24-16-30-25-10-6-7-13-33(24)25;1-4-18(3)25-16-31-27-26(29-11-10-20-15-30-23-9-7-6-8-22(20)23)32-24(17-33(25)27)21-12-19(5-2)13-28-14-21;1-17(8-10-34-2)24-15-31-26-25(29-9-7-18-13-30-22-6-4-3-5-21(18)22)32-23(16-33(24)26)19-11-20(27)14-28-12-19/h4-7,12-19,31H,3,8-11H2,1-2H3,(H,30,33);4-10,13-18,29H,3,11-12H2,1-2H3,(H,28,32);2,6-9,12-18,30H,4,10-11H2,1,3H3,(H,29,32);3-6,11-17,30H,7-10H2,1-2H3,(H,29,32). The molecule has 1 fully saturated rings. The van der Waals surface area contributed by atoms with Crippen LogP contribution in [0.25, 0.3) is 117 Å². The SMILES string of the molecule is C#Cc1cncc(-c2cn3c(C(C)CC)cnc3c(NCCc3c[nH]c4ccccc34)n2)c1.CCC(C)c1cnc2c(NCCc3c[nH]c4ccccc34)nc(-c3cnc4ccccn34)cn12.CCC(C)c1cnc2c(NCCc3c[nH]c4ccccc34)nc(-c3cncc(C4CC4)c3)cn12.COCCC(C)c1cnc2c(NCCc3c[nH]c4ccccc34)nc(-c3cncc(F)c3)cn12. The molecule has 17 aromatic heterocycles. The fourth-order valence-electron chi connectivity index (χ4n) is 17.8. The number of anilines is 4. The van der Waals surface area contributed by atoms with Crippen molar-refractivity contribution in [2.24, 2.45) is 0 Å². The quantitative estimate of drug-likeness (QED) is 0.0187. The number of imidazole rings is 5. The topological polar surface area (TPSA) is 297 Å². The van der Waals surface area contributed by atoms with Crippen LogP contribution in [0, 0.1) is 18.2 Å². The Labute approximate surface area is 781 Å². The Hall–Kier alpha value is -15.7. The van der Waals surface area contributed by atoms with E-state index in [9.17, 15) is 4.39 Å². The van der Waals surface area contributed by atoms with Crippen LogP contribution >= 0.6 is 0 Å². The van der Waals surface area contributed by atoms with Crippen molar-refractivity contribution in [3.8, 4) is 57.5 Å². The van der Waals surface area contributed by atoms with Crippen LogP contribution in [0.3, 0.4) is 0 Å². The van der Waals surface area contributed by atoms with Gasteiger partial charge in [0.15, 0.2) is 45.9 Å². The molecular formula is C108H110FN25O. The number of hydrogen-bond donors (Lipinski definition) is 8. The van der Waals surface area contributed by atoms with Crippen molar-refractivity contribution >= 4 is 95.1 Å². The second kappa shape index (κ2) is 40.2. The number of nitrogens with zero attached hydrogens (tertiary/aromatic N) is 17. The first-order valence-electron chi connectivity index (χ1n) is 46.8. The molecule has 135 heavy (non-hydrogen) atoms. The van der Waals surface area contributed by atoms with Gasteiger partial charge in [-0.1, -0.05) is 133 Å². The summed E-state index contributed by atoms with van der Waals surface area (Å²) in [5.41, 5.74) is 27.4. The van der Waals surface area contributed by atoms with Crippen LogP contribution in [0.2, 0.25) is 0 Å². The van der Waals surface area contributed by atoms with Crippen molar-refractivity contribution in [2.75, 3.05) is 61.2 Å². The normalized spacial score (nSPS) is 13.0. The van der Waals surface area contributed by atoms with E-state index in [1.54, 1.807) is 25.7 Å². The molecule has 1 saturated carbocycles. The molecule has 0 amide bonds. The summed E-state index contributed by atoms with van der Waals surface area (Å²) < 4.78 is 29.8. The lowest BCUT2D eigenvalue weighted by Gasteiger charge is -2.14. The number of H-pyrrole nitrogens is 4. The maximum atomic E-state index is 13.9. The lowest BCUT2D eigenvalue weighted by atomic mass is 10.1. The number of ether oxygens (including phenoxy) is 1. The Balaban J connectivity index is 0.000000116. The summed E-state index contributed by atoms with van der Waals surface area (Å²) in [5, 5.41) is 19.2. The smallest absolute Gasteiger partial charge is 0.180 e. The second-order valence-corrected chi connectivity index (χ2v) is 35.0. The largest absolute Gasteiger partial charge is 0.385 e. The average Bonchev–Trinajstić information content (AvgIpc) is 1.61. The lowest BCUT2D eigenvalue weighted by Crippen LogP contribution is -2.10. The monoisotopic (exact) mass is 1790 g/mol. The van der Waals surface area contributed by atoms with Gasteiger partial charge in [-0.15, -0.1) is 6.42 Å². The number of terminal acetylenes is 1. The van der Waals surface area contributed by atoms with Crippen molar-refractivity contribution in [1.29, 1.82) is 0 Å². The molecule has 21 aromatic rings. The lowest BCUT2D eigenvalue weighted by molar-refractivity contribution is 0.189. The summed E-state index contributed by atoms with van der Waals surface area (Å²) in [6.45, 7) is 19.1. The Morgan fingerprint density at radius 3 is 1.19 bits per heavy atom. The van der Waals surface area contributed by atoms with Crippen molar-refractivity contribution in [3.63, 3.8) is 0 Å². The molecule has 4 unspecified atom stereocenters. The van der Waals surface area contributed by atoms with Crippen LogP contribution in [0.5, 0.6) is 0 Å². The Bertz CT molecular complexity index is 7780. The van der Waals surface area contributed by atoms with Gasteiger partial charge in [-0.2, -0.15) is 0 Å². The van der Waals surface area contributed by atoms with Gasteiger partial charge in [0.2, 0.25) is 0 Å². The molecule has 0 spiro atoms. The molecule has 0 radical (unpaired) electrons. The number of aromatic amines is 4. The Kier molecular flexibility index (Phi) is 26.4. The molecule has 27 heteroatoms. The fourth-order valence-corrected chi connectivity index (χ4v) is 17.8. The predicted octanol–water partition coefficient (Wildman–Crippen LogP) is 22.6. The van der Waals surface area contributed by atoms with Crippen LogP contribution in [-0.4, -0.2) is 142 Å². The summed E-state index contributed by atoms with van der Waals surface area (Å²) in [6.07, 6.45) is 54.1. The molecule has 680 valence electrons. The minimum Gasteiger partial charge on any atom is -0.385 e. The molecule has 4 aromatic carbocycles. The van der Waals surface area contributed by atoms with Gasteiger partial charge < -0.3 is 45.9 Å². The van der Waals surface area contributed by atoms with E-state index >= 15 is 0 Å². The van der Waals surface area contributed by atoms with Gasteiger partial charge in [-0.05, 0) is 170 Å². The fraction of sp³-hybridized carbons (Fsp3) is 0.259. The second-order valence-electron chi connectivity index (χ2n) is 35.0. The molecule has 0 aliphatic heterocycles. The summed E-state index contributed by atoms with van der Waals surface area (Å²) >= 11 is 0. The first kappa shape index (κ1) is 88.6. The van der Waals surface area contributed by atoms with Crippen molar-refractivity contribution < 1.29 is 9.13 Å². The molecule has 4 atom stereocenters. The third-order valence-electron chi connectivity index (χ3n) is 26.1. The number of rotatable bonds is 31. The van der Waals surface area contributed by atoms with Gasteiger partial charge in [-0.25, -0.2) is 49.2 Å². The highest BCUT2D eigenvalue weighted by atomic mass is 19.1. The number of para-hydroxylation sites is 4. The zero-order valence-electron chi connectivity index (χ0n) is 77.2. The predicted molar refractivity (Wildman–Crippen MR) is 539 cm³/mol. The van der Waals surface area contributed by atoms with E-state index in [0.717, 1.165) is 179 Å². The van der Waals surface area contributed by atoms with Crippen molar-refractivity contribution in [2.45, 2.75) is 142 Å². The zero-order valence-corrected chi connectivity index (χ0v) is 77.2. The molecule has 1 aliphatic rings. The molecule has 8 N–H and O–H groups in total. The first-order valence-corrected chi connectivity index (χ1v) is 46.8. The minimum absolute atomic E-state index is 0.231. The number of methoxy groups -OCH3 is 1. The van der Waals surface area contributed by atoms with Crippen LogP contribution in [0.4, 0.5) is 27.7 Å². The van der Waals surface area contributed by atoms with Crippen molar-refractivity contribution in [1.82, 2.24) is 102 Å². The number of benzene rings is 4. The number of fused-ring (bicyclic) bond motifs is 9. The maximum Gasteiger partial charge on any atom is 0.180 e. The van der Waals surface area contributed by atoms with E-state index < -0.39 is 5.82 Å². The molecule has 17 heterocycles. The number of pyridine rings is 4. The Morgan fingerprint density at radius 1 is 0.415 bits per heavy atom. The Morgan fingerprint density at radius 2 is 0.785 bits per heavy atom. The summed E-state index contributed by atoms with van der Waals surface area (Å²) in [6, 6.07) is 45.1.